The van der Waals surface area contributed by atoms with Crippen molar-refractivity contribution in [1.82, 2.24) is 5.32 Å². The smallest absolute Gasteiger partial charge is 0.220 e. The van der Waals surface area contributed by atoms with Crippen LogP contribution >= 0.6 is 11.6 Å². The number of halogens is 2. The number of carbonyl (C=O) groups is 1. The lowest BCUT2D eigenvalue weighted by atomic mass is 10.1. The van der Waals surface area contributed by atoms with Gasteiger partial charge >= 0.3 is 0 Å². The quantitative estimate of drug-likeness (QED) is 0.859. The summed E-state index contributed by atoms with van der Waals surface area (Å²) in [6, 6.07) is 4.77. The second kappa shape index (κ2) is 6.60. The van der Waals surface area contributed by atoms with Gasteiger partial charge in [0, 0.05) is 18.5 Å². The second-order valence-corrected chi connectivity index (χ2v) is 4.83. The Morgan fingerprint density at radius 3 is 2.82 bits per heavy atom. The van der Waals surface area contributed by atoms with Gasteiger partial charge in [-0.05, 0) is 18.4 Å². The first-order chi connectivity index (χ1) is 8.00. The van der Waals surface area contributed by atoms with Gasteiger partial charge in [-0.25, -0.2) is 4.39 Å². The van der Waals surface area contributed by atoms with Crippen LogP contribution in [0.4, 0.5) is 4.39 Å². The van der Waals surface area contributed by atoms with Crippen molar-refractivity contribution in [1.29, 1.82) is 0 Å². The first kappa shape index (κ1) is 14.0. The third-order valence-electron chi connectivity index (χ3n) is 2.46. The van der Waals surface area contributed by atoms with Crippen molar-refractivity contribution < 1.29 is 9.18 Å². The van der Waals surface area contributed by atoms with E-state index in [-0.39, 0.29) is 17.5 Å². The highest BCUT2D eigenvalue weighted by molar-refractivity contribution is 6.30. The standard InChI is InChI=1S/C13H17ClFNO/c1-9(2)6-7-12(17)16-8-10-4-3-5-11(14)13(10)15/h3-5,9H,6-8H2,1-2H3,(H,16,17). The molecule has 1 aromatic rings. The largest absolute Gasteiger partial charge is 0.352 e. The van der Waals surface area contributed by atoms with Gasteiger partial charge in [-0.1, -0.05) is 37.6 Å². The predicted molar refractivity (Wildman–Crippen MR) is 67.3 cm³/mol. The normalized spacial score (nSPS) is 10.6. The van der Waals surface area contributed by atoms with E-state index in [9.17, 15) is 9.18 Å². The molecule has 0 aliphatic rings. The molecule has 1 N–H and O–H groups in total. The summed E-state index contributed by atoms with van der Waals surface area (Å²) in [5, 5.41) is 2.77. The maximum atomic E-state index is 13.5. The molecule has 1 rings (SSSR count). The lowest BCUT2D eigenvalue weighted by molar-refractivity contribution is -0.121. The Labute approximate surface area is 106 Å². The number of hydrogen-bond acceptors (Lipinski definition) is 1. The molecule has 0 saturated heterocycles. The van der Waals surface area contributed by atoms with Crippen LogP contribution in [-0.2, 0) is 11.3 Å². The van der Waals surface area contributed by atoms with E-state index in [0.717, 1.165) is 6.42 Å². The Kier molecular flexibility index (Phi) is 5.42. The van der Waals surface area contributed by atoms with Crippen LogP contribution in [0.15, 0.2) is 18.2 Å². The van der Waals surface area contributed by atoms with Crippen molar-refractivity contribution in [3.8, 4) is 0 Å². The summed E-state index contributed by atoms with van der Waals surface area (Å²) < 4.78 is 13.5. The van der Waals surface area contributed by atoms with E-state index in [0.29, 0.717) is 17.9 Å². The Balaban J connectivity index is 2.45. The van der Waals surface area contributed by atoms with Crippen molar-refractivity contribution in [3.05, 3.63) is 34.6 Å². The first-order valence-corrected chi connectivity index (χ1v) is 6.08. The molecule has 1 amide bonds. The highest BCUT2D eigenvalue weighted by atomic mass is 35.5. The molecule has 1 aromatic carbocycles. The summed E-state index contributed by atoms with van der Waals surface area (Å²) in [6.45, 7) is 4.30. The van der Waals surface area contributed by atoms with Crippen molar-refractivity contribution in [2.24, 2.45) is 5.92 Å². The first-order valence-electron chi connectivity index (χ1n) is 5.70. The molecule has 17 heavy (non-hydrogen) atoms. The second-order valence-electron chi connectivity index (χ2n) is 4.42. The molecule has 0 radical (unpaired) electrons. The summed E-state index contributed by atoms with van der Waals surface area (Å²) >= 11 is 5.64. The topological polar surface area (TPSA) is 29.1 Å². The fraction of sp³-hybridized carbons (Fsp3) is 0.462. The molecule has 0 unspecified atom stereocenters. The zero-order chi connectivity index (χ0) is 12.8. The highest BCUT2D eigenvalue weighted by Gasteiger charge is 2.08. The molecule has 0 atom stereocenters. The minimum absolute atomic E-state index is 0.0573. The Morgan fingerprint density at radius 2 is 2.18 bits per heavy atom. The zero-order valence-electron chi connectivity index (χ0n) is 10.1. The maximum Gasteiger partial charge on any atom is 0.220 e. The third kappa shape index (κ3) is 4.73. The van der Waals surface area contributed by atoms with Gasteiger partial charge in [0.25, 0.3) is 0 Å². The maximum absolute atomic E-state index is 13.5. The number of rotatable bonds is 5. The monoisotopic (exact) mass is 257 g/mol. The van der Waals surface area contributed by atoms with Gasteiger partial charge in [0.1, 0.15) is 5.82 Å². The van der Waals surface area contributed by atoms with E-state index in [1.54, 1.807) is 12.1 Å². The molecule has 0 fully saturated rings. The number of nitrogens with one attached hydrogen (secondary N) is 1. The number of benzene rings is 1. The van der Waals surface area contributed by atoms with Crippen LogP contribution in [0.25, 0.3) is 0 Å². The minimum Gasteiger partial charge on any atom is -0.352 e. The molecule has 4 heteroatoms. The van der Waals surface area contributed by atoms with E-state index in [1.807, 2.05) is 0 Å². The van der Waals surface area contributed by atoms with Gasteiger partial charge in [-0.3, -0.25) is 4.79 Å². The third-order valence-corrected chi connectivity index (χ3v) is 2.75. The fourth-order valence-corrected chi connectivity index (χ4v) is 1.58. The molecule has 0 bridgehead atoms. The number of hydrogen-bond donors (Lipinski definition) is 1. The Hall–Kier alpha value is -1.09. The van der Waals surface area contributed by atoms with Crippen LogP contribution in [-0.4, -0.2) is 5.91 Å². The van der Waals surface area contributed by atoms with Gasteiger partial charge in [-0.15, -0.1) is 0 Å². The molecular formula is C13H17ClFNO. The van der Waals surface area contributed by atoms with Gasteiger partial charge in [-0.2, -0.15) is 0 Å². The average molecular weight is 258 g/mol. The lowest BCUT2D eigenvalue weighted by Crippen LogP contribution is -2.23. The van der Waals surface area contributed by atoms with Gasteiger partial charge in [0.15, 0.2) is 0 Å². The SMILES string of the molecule is CC(C)CCC(=O)NCc1cccc(Cl)c1F. The van der Waals surface area contributed by atoms with Crippen LogP contribution in [0.2, 0.25) is 5.02 Å². The molecule has 94 valence electrons. The van der Waals surface area contributed by atoms with Crippen LogP contribution in [0.3, 0.4) is 0 Å². The molecule has 2 nitrogen and oxygen atoms in total. The minimum atomic E-state index is -0.460. The van der Waals surface area contributed by atoms with Crippen LogP contribution in [0, 0.1) is 11.7 Å². The summed E-state index contributed by atoms with van der Waals surface area (Å²) in [5.41, 5.74) is 0.412. The van der Waals surface area contributed by atoms with Gasteiger partial charge < -0.3 is 5.32 Å². The predicted octanol–water partition coefficient (Wildman–Crippen LogP) is 3.53. The van der Waals surface area contributed by atoms with Crippen LogP contribution in [0.1, 0.15) is 32.3 Å². The molecule has 0 aromatic heterocycles. The van der Waals surface area contributed by atoms with Gasteiger partial charge in [0.2, 0.25) is 5.91 Å². The molecule has 0 heterocycles. The summed E-state index contributed by atoms with van der Waals surface area (Å²) in [5.74, 6) is -0.0277. The van der Waals surface area contributed by atoms with E-state index in [2.05, 4.69) is 19.2 Å². The molecule has 0 saturated carbocycles. The van der Waals surface area contributed by atoms with Gasteiger partial charge in [0.05, 0.1) is 5.02 Å². The molecule has 0 aliphatic carbocycles. The van der Waals surface area contributed by atoms with E-state index in [1.165, 1.54) is 6.07 Å². The summed E-state index contributed by atoms with van der Waals surface area (Å²) in [4.78, 5) is 11.5. The Morgan fingerprint density at radius 1 is 1.47 bits per heavy atom. The van der Waals surface area contributed by atoms with Crippen molar-refractivity contribution in [3.63, 3.8) is 0 Å². The average Bonchev–Trinajstić information content (AvgIpc) is 2.28. The van der Waals surface area contributed by atoms with E-state index >= 15 is 0 Å². The molecular weight excluding hydrogens is 241 g/mol. The number of amides is 1. The van der Waals surface area contributed by atoms with Crippen LogP contribution < -0.4 is 5.32 Å². The van der Waals surface area contributed by atoms with Crippen molar-refractivity contribution in [2.75, 3.05) is 0 Å². The fourth-order valence-electron chi connectivity index (χ4n) is 1.39. The van der Waals surface area contributed by atoms with Crippen LogP contribution in [0.5, 0.6) is 0 Å². The van der Waals surface area contributed by atoms with E-state index < -0.39 is 5.82 Å². The van der Waals surface area contributed by atoms with E-state index in [4.69, 9.17) is 11.6 Å². The molecule has 0 spiro atoms. The molecule has 0 aliphatic heterocycles. The number of carbonyl (C=O) groups excluding carboxylic acids is 1. The van der Waals surface area contributed by atoms with Crippen molar-refractivity contribution >= 4 is 17.5 Å². The Bertz CT molecular complexity index is 393. The zero-order valence-corrected chi connectivity index (χ0v) is 10.9. The lowest BCUT2D eigenvalue weighted by Gasteiger charge is -2.08. The van der Waals surface area contributed by atoms with Crippen molar-refractivity contribution in [2.45, 2.75) is 33.2 Å². The summed E-state index contributed by atoms with van der Waals surface area (Å²) in [6.07, 6.45) is 1.31. The summed E-state index contributed by atoms with van der Waals surface area (Å²) in [7, 11) is 0. The highest BCUT2D eigenvalue weighted by Crippen LogP contribution is 2.17.